The molecule has 5 atom stereocenters. The smallest absolute Gasteiger partial charge is 0.00403 e. The first kappa shape index (κ1) is 125. The van der Waals surface area contributed by atoms with E-state index in [4.69, 9.17) is 0 Å². The maximum absolute atomic E-state index is 4.41. The average Bonchev–Trinajstić information content (AvgIpc) is 0.849. The number of thiol groups is 5. The van der Waals surface area contributed by atoms with E-state index in [9.17, 15) is 0 Å². The molecule has 0 saturated heterocycles. The lowest BCUT2D eigenvalue weighted by molar-refractivity contribution is 0.187. The zero-order valence-corrected chi connectivity index (χ0v) is 93.8. The molecular weight excluding hydrogens is 1820 g/mol. The fourth-order valence-corrected chi connectivity index (χ4v) is 27.7. The van der Waals surface area contributed by atoms with E-state index in [1.54, 1.807) is 27.9 Å². The van der Waals surface area contributed by atoms with Crippen LogP contribution in [0.1, 0.15) is 512 Å². The largest absolute Gasteiger partial charge is 0.269 e. The first-order chi connectivity index (χ1) is 66.3. The van der Waals surface area contributed by atoms with Crippen LogP contribution in [0.2, 0.25) is 0 Å². The molecule has 0 heterocycles. The molecule has 10 aliphatic rings. The summed E-state index contributed by atoms with van der Waals surface area (Å²) in [7, 11) is 0. The van der Waals surface area contributed by atoms with Crippen LogP contribution in [0.4, 0.5) is 23.5 Å². The quantitative estimate of drug-likeness (QED) is 0.0143. The van der Waals surface area contributed by atoms with Crippen molar-refractivity contribution in [2.24, 2.45) is 88.8 Å². The first-order valence-corrected chi connectivity index (χ1v) is 61.0. The Kier molecular flexibility index (Phi) is 66.1. The molecule has 140 heavy (non-hydrogen) atoms. The molecule has 0 bridgehead atoms. The van der Waals surface area contributed by atoms with E-state index in [0.717, 1.165) is 113 Å². The highest BCUT2D eigenvalue weighted by atomic mass is 32.1. The topological polar surface area (TPSA) is 0 Å². The van der Waals surface area contributed by atoms with Gasteiger partial charge in [0.1, 0.15) is 0 Å². The Morgan fingerprint density at radius 3 is 0.429 bits per heavy atom. The number of hydrogen-bond donors (Lipinski definition) is 5. The summed E-state index contributed by atoms with van der Waals surface area (Å²) in [6.45, 7) is 11.5. The van der Waals surface area contributed by atoms with Crippen LogP contribution >= 0.6 is 63.1 Å². The minimum Gasteiger partial charge on any atom is -0.269 e. The third-order valence-electron chi connectivity index (χ3n) is 36.1. The average molecular weight is 2020 g/mol. The van der Waals surface area contributed by atoms with Crippen LogP contribution in [0, 0.1) is 88.8 Å². The van der Waals surface area contributed by atoms with Crippen molar-refractivity contribution in [1.29, 1.82) is 0 Å². The van der Waals surface area contributed by atoms with Gasteiger partial charge in [-0.25, -0.2) is 0 Å². The van der Waals surface area contributed by atoms with Crippen LogP contribution in [-0.4, -0.2) is 0 Å². The standard InChI is InChI=1S/5C26H40S.5FH/c5*1-2-3-4-5-6-7-8-21-9-11-22(12-10-21)23-13-15-24(16-14-23)25-17-19-26(27)20-18-25;;;;;/h5*15,17-23,27H,2-14,16H2,1H3;5*1H. The van der Waals surface area contributed by atoms with Crippen molar-refractivity contribution in [3.63, 3.8) is 0 Å². The Bertz CT molecular complexity index is 3460. The van der Waals surface area contributed by atoms with Crippen molar-refractivity contribution in [2.45, 2.75) is 509 Å². The van der Waals surface area contributed by atoms with E-state index >= 15 is 0 Å². The zero-order chi connectivity index (χ0) is 94.5. The van der Waals surface area contributed by atoms with Crippen molar-refractivity contribution in [3.8, 4) is 0 Å². The van der Waals surface area contributed by atoms with Gasteiger partial charge in [-0.05, 0) is 366 Å². The predicted octanol–water partition coefficient (Wildman–Crippen LogP) is 44.3. The number of hydrogen-bond acceptors (Lipinski definition) is 5. The molecule has 0 radical (unpaired) electrons. The molecule has 5 saturated carbocycles. The van der Waals surface area contributed by atoms with Gasteiger partial charge in [0.05, 0.1) is 0 Å². The summed E-state index contributed by atoms with van der Waals surface area (Å²) in [6.07, 6.45) is 114. The third-order valence-corrected chi connectivity index (χ3v) is 37.6. The SMILES string of the molecule is CCCCCCCCC1CCC(C2CC=C(c3ccc(S)cc3)CC2)CC1.CCCCCCCCC1CCC(C2CC=C(c3ccc(S)cc3)CC2)CC1.CCCCCCCCC1CCC(C2CC=C(c3ccc(S)cc3)CC2)CC1.CCCCCCCCC1CCC(C2CC=C(c3ccc(S)cc3)CC2)CC1.CCCCCCCCC1CCC(C2CC=C(c3ccc(S)cc3)CC2)CC1.F.F.F.F.F. The minimum atomic E-state index is 0. The Morgan fingerprint density at radius 1 is 0.164 bits per heavy atom. The maximum atomic E-state index is 4.41. The lowest BCUT2D eigenvalue weighted by atomic mass is 9.70. The number of benzene rings is 5. The summed E-state index contributed by atoms with van der Waals surface area (Å²) in [6, 6.07) is 43.6. The summed E-state index contributed by atoms with van der Waals surface area (Å²) in [4.78, 5) is 5.30. The van der Waals surface area contributed by atoms with Gasteiger partial charge in [-0.3, -0.25) is 23.5 Å². The molecule has 10 heteroatoms. The van der Waals surface area contributed by atoms with E-state index in [-0.39, 0.29) is 23.5 Å². The highest BCUT2D eigenvalue weighted by Gasteiger charge is 2.35. The number of allylic oxidation sites excluding steroid dienone is 10. The van der Waals surface area contributed by atoms with Gasteiger partial charge >= 0.3 is 0 Å². The molecule has 5 aromatic rings. The fourth-order valence-electron chi connectivity index (χ4n) is 26.9. The van der Waals surface area contributed by atoms with E-state index < -0.39 is 0 Å². The minimum absolute atomic E-state index is 0. The van der Waals surface area contributed by atoms with E-state index in [2.05, 4.69) is 249 Å². The van der Waals surface area contributed by atoms with E-state index in [1.165, 1.54) is 477 Å². The number of rotatable bonds is 45. The van der Waals surface area contributed by atoms with Crippen LogP contribution in [-0.2, 0) is 0 Å². The lowest BCUT2D eigenvalue weighted by Crippen LogP contribution is -2.23. The van der Waals surface area contributed by atoms with Gasteiger partial charge in [0.2, 0.25) is 0 Å². The highest BCUT2D eigenvalue weighted by molar-refractivity contribution is 7.81. The molecule has 5 aromatic carbocycles. The summed E-state index contributed by atoms with van der Waals surface area (Å²) in [5.74, 6) is 15.0. The van der Waals surface area contributed by atoms with Gasteiger partial charge in [-0.1, -0.05) is 415 Å². The van der Waals surface area contributed by atoms with Gasteiger partial charge in [-0.15, -0.1) is 63.1 Å². The first-order valence-electron chi connectivity index (χ1n) is 58.7. The molecular formula is C130H205F5S5. The monoisotopic (exact) mass is 2020 g/mol. The molecule has 0 N–H and O–H groups in total. The molecule has 0 aliphatic heterocycles. The normalized spacial score (nSPS) is 25.1. The number of halogens is 5. The van der Waals surface area contributed by atoms with E-state index in [0.29, 0.717) is 0 Å². The van der Waals surface area contributed by atoms with Gasteiger partial charge < -0.3 is 0 Å². The van der Waals surface area contributed by atoms with Gasteiger partial charge in [0, 0.05) is 24.5 Å². The second-order valence-electron chi connectivity index (χ2n) is 45.7. The molecule has 0 amide bonds. The molecule has 15 rings (SSSR count). The maximum Gasteiger partial charge on any atom is 0.00403 e. The summed E-state index contributed by atoms with van der Waals surface area (Å²) >= 11 is 22.0. The Hall–Kier alpha value is -3.80. The van der Waals surface area contributed by atoms with Crippen molar-refractivity contribution < 1.29 is 23.5 Å². The third kappa shape index (κ3) is 46.5. The second-order valence-corrected chi connectivity index (χ2v) is 48.3. The summed E-state index contributed by atoms with van der Waals surface area (Å²) < 4.78 is 0. The van der Waals surface area contributed by atoms with Crippen molar-refractivity contribution in [2.75, 3.05) is 0 Å². The number of unbranched alkanes of at least 4 members (excludes halogenated alkanes) is 25. The molecule has 5 unspecified atom stereocenters. The molecule has 0 nitrogen and oxygen atoms in total. The van der Waals surface area contributed by atoms with Crippen LogP contribution in [0.5, 0.6) is 0 Å². The van der Waals surface area contributed by atoms with Gasteiger partial charge in [0.15, 0.2) is 0 Å². The van der Waals surface area contributed by atoms with Gasteiger partial charge in [0.25, 0.3) is 0 Å². The highest BCUT2D eigenvalue weighted by Crippen LogP contribution is 2.49. The van der Waals surface area contributed by atoms with Crippen molar-refractivity contribution in [1.82, 2.24) is 0 Å². The lowest BCUT2D eigenvalue weighted by Gasteiger charge is -2.35. The predicted molar refractivity (Wildman–Crippen MR) is 625 cm³/mol. The summed E-state index contributed by atoms with van der Waals surface area (Å²) in [5, 5.41) is 0. The zero-order valence-electron chi connectivity index (χ0n) is 89.4. The molecule has 790 valence electrons. The van der Waals surface area contributed by atoms with E-state index in [1.807, 2.05) is 0 Å². The Balaban J connectivity index is 0.000000266. The van der Waals surface area contributed by atoms with Gasteiger partial charge in [-0.2, -0.15) is 0 Å². The van der Waals surface area contributed by atoms with Crippen LogP contribution in [0.15, 0.2) is 176 Å². The van der Waals surface area contributed by atoms with Crippen LogP contribution < -0.4 is 0 Å². The van der Waals surface area contributed by atoms with Crippen LogP contribution in [0.3, 0.4) is 0 Å². The fraction of sp³-hybridized carbons (Fsp3) is 0.692. The molecule has 0 spiro atoms. The molecule has 0 aromatic heterocycles. The van der Waals surface area contributed by atoms with Crippen molar-refractivity contribution in [3.05, 3.63) is 180 Å². The Morgan fingerprint density at radius 2 is 0.300 bits per heavy atom. The van der Waals surface area contributed by atoms with Crippen LogP contribution in [0.25, 0.3) is 27.9 Å². The second kappa shape index (κ2) is 74.2. The molecule has 10 aliphatic carbocycles. The molecule has 5 fully saturated rings. The summed E-state index contributed by atoms with van der Waals surface area (Å²) in [5.41, 5.74) is 14.9. The Labute approximate surface area is 884 Å². The van der Waals surface area contributed by atoms with Crippen molar-refractivity contribution >= 4 is 91.0 Å².